The van der Waals surface area contributed by atoms with Gasteiger partial charge >= 0.3 is 0 Å². The number of benzene rings is 3. The number of rotatable bonds is 5. The first-order valence-electron chi connectivity index (χ1n) is 11.3. The van der Waals surface area contributed by atoms with Gasteiger partial charge in [-0.3, -0.25) is 9.48 Å². The minimum absolute atomic E-state index is 0.0926. The number of carbonyl (C=O) groups is 1. The summed E-state index contributed by atoms with van der Waals surface area (Å²) in [7, 11) is 5.29. The van der Waals surface area contributed by atoms with E-state index in [0.29, 0.717) is 36.8 Å². The molecule has 4 aromatic rings. The Kier molecular flexibility index (Phi) is 5.84. The summed E-state index contributed by atoms with van der Waals surface area (Å²) in [4.78, 5) is 15.2. The van der Waals surface area contributed by atoms with Crippen LogP contribution in [0.3, 0.4) is 0 Å². The van der Waals surface area contributed by atoms with Crippen LogP contribution in [0.2, 0.25) is 0 Å². The Morgan fingerprint density at radius 3 is 2.62 bits per heavy atom. The quantitative estimate of drug-likeness (QED) is 0.435. The van der Waals surface area contributed by atoms with Gasteiger partial charge in [-0.1, -0.05) is 18.2 Å². The van der Waals surface area contributed by atoms with E-state index in [-0.39, 0.29) is 5.91 Å². The van der Waals surface area contributed by atoms with Crippen molar-refractivity contribution < 1.29 is 19.0 Å². The summed E-state index contributed by atoms with van der Waals surface area (Å²) >= 11 is 0. The van der Waals surface area contributed by atoms with Crippen LogP contribution < -0.4 is 14.2 Å². The molecular formula is C27H27N3O4. The molecule has 0 spiro atoms. The van der Waals surface area contributed by atoms with Crippen LogP contribution in [0.1, 0.15) is 22.3 Å². The average molecular weight is 458 g/mol. The predicted octanol–water partition coefficient (Wildman–Crippen LogP) is 4.68. The van der Waals surface area contributed by atoms with E-state index in [1.54, 1.807) is 22.9 Å². The fourth-order valence-corrected chi connectivity index (χ4v) is 4.22. The van der Waals surface area contributed by atoms with E-state index in [4.69, 9.17) is 14.2 Å². The molecule has 0 saturated heterocycles. The molecule has 1 aromatic heterocycles. The average Bonchev–Trinajstić information content (AvgIpc) is 3.09. The van der Waals surface area contributed by atoms with Gasteiger partial charge in [-0.05, 0) is 52.7 Å². The van der Waals surface area contributed by atoms with Crippen molar-refractivity contribution in [3.63, 3.8) is 0 Å². The first kappa shape index (κ1) is 21.8. The Morgan fingerprint density at radius 2 is 1.79 bits per heavy atom. The number of carbonyl (C=O) groups excluding carboxylic acids is 1. The van der Waals surface area contributed by atoms with Crippen molar-refractivity contribution in [2.45, 2.75) is 13.0 Å². The molecule has 0 unspecified atom stereocenters. The van der Waals surface area contributed by atoms with E-state index in [0.717, 1.165) is 39.8 Å². The number of amides is 1. The molecule has 0 saturated carbocycles. The summed E-state index contributed by atoms with van der Waals surface area (Å²) < 4.78 is 18.5. The maximum Gasteiger partial charge on any atom is 0.257 e. The summed E-state index contributed by atoms with van der Waals surface area (Å²) in [6, 6.07) is 17.9. The van der Waals surface area contributed by atoms with Crippen molar-refractivity contribution in [2.24, 2.45) is 7.05 Å². The van der Waals surface area contributed by atoms with Gasteiger partial charge in [0.1, 0.15) is 11.4 Å². The van der Waals surface area contributed by atoms with E-state index in [1.165, 1.54) is 0 Å². The zero-order valence-corrected chi connectivity index (χ0v) is 19.6. The van der Waals surface area contributed by atoms with Crippen molar-refractivity contribution in [1.29, 1.82) is 0 Å². The van der Waals surface area contributed by atoms with Crippen LogP contribution >= 0.6 is 0 Å². The number of hydrogen-bond donors (Lipinski definition) is 0. The SMILES string of the molecule is COc1ccc2cc(CN(C)C(=O)c3cn(C)nc3-c3ccc4c(c3)OCCCO4)ccc2c1. The molecule has 174 valence electrons. The maximum atomic E-state index is 13.4. The number of methoxy groups -OCH3 is 1. The standard InChI is InChI=1S/C27H27N3O4/c1-29(16-18-5-6-20-14-22(32-3)9-7-19(20)13-18)27(31)23-17-30(2)28-26(23)21-8-10-24-25(15-21)34-12-4-11-33-24/h5-10,13-15,17H,4,11-12,16H2,1-3H3. The van der Waals surface area contributed by atoms with Gasteiger partial charge in [0.2, 0.25) is 0 Å². The molecule has 0 aliphatic carbocycles. The third kappa shape index (κ3) is 4.29. The molecule has 7 heteroatoms. The van der Waals surface area contributed by atoms with Crippen LogP contribution in [-0.2, 0) is 13.6 Å². The summed E-state index contributed by atoms with van der Waals surface area (Å²) in [6.07, 6.45) is 2.61. The molecule has 0 bridgehead atoms. The molecule has 1 aliphatic rings. The second-order valence-corrected chi connectivity index (χ2v) is 8.49. The Morgan fingerprint density at radius 1 is 1.03 bits per heavy atom. The lowest BCUT2D eigenvalue weighted by atomic mass is 10.0. The fourth-order valence-electron chi connectivity index (χ4n) is 4.22. The first-order valence-corrected chi connectivity index (χ1v) is 11.3. The topological polar surface area (TPSA) is 65.8 Å². The van der Waals surface area contributed by atoms with Crippen LogP contribution in [0.4, 0.5) is 0 Å². The lowest BCUT2D eigenvalue weighted by Crippen LogP contribution is -2.26. The molecule has 5 rings (SSSR count). The van der Waals surface area contributed by atoms with Crippen molar-refractivity contribution in [3.05, 3.63) is 71.9 Å². The molecule has 3 aromatic carbocycles. The highest BCUT2D eigenvalue weighted by Gasteiger charge is 2.22. The molecule has 34 heavy (non-hydrogen) atoms. The van der Waals surface area contributed by atoms with Gasteiger partial charge < -0.3 is 19.1 Å². The first-order chi connectivity index (χ1) is 16.5. The van der Waals surface area contributed by atoms with Crippen molar-refractivity contribution in [1.82, 2.24) is 14.7 Å². The summed E-state index contributed by atoms with van der Waals surface area (Å²) in [5, 5.41) is 6.79. The smallest absolute Gasteiger partial charge is 0.257 e. The minimum Gasteiger partial charge on any atom is -0.497 e. The Labute approximate surface area is 198 Å². The van der Waals surface area contributed by atoms with Crippen LogP contribution in [0.15, 0.2) is 60.8 Å². The van der Waals surface area contributed by atoms with Crippen molar-refractivity contribution >= 4 is 16.7 Å². The van der Waals surface area contributed by atoms with Gasteiger partial charge in [-0.15, -0.1) is 0 Å². The number of aryl methyl sites for hydroxylation is 1. The molecule has 0 fully saturated rings. The van der Waals surface area contributed by atoms with E-state index < -0.39 is 0 Å². The molecule has 0 radical (unpaired) electrons. The van der Waals surface area contributed by atoms with Crippen LogP contribution in [-0.4, -0.2) is 48.0 Å². The van der Waals surface area contributed by atoms with Crippen molar-refractivity contribution in [2.75, 3.05) is 27.4 Å². The second-order valence-electron chi connectivity index (χ2n) is 8.49. The number of ether oxygens (including phenoxy) is 3. The summed E-state index contributed by atoms with van der Waals surface area (Å²) in [5.74, 6) is 2.13. The van der Waals surface area contributed by atoms with Gasteiger partial charge in [-0.25, -0.2) is 0 Å². The highest BCUT2D eigenvalue weighted by Crippen LogP contribution is 2.35. The predicted molar refractivity (Wildman–Crippen MR) is 131 cm³/mol. The van der Waals surface area contributed by atoms with Crippen LogP contribution in [0.5, 0.6) is 17.2 Å². The van der Waals surface area contributed by atoms with Crippen LogP contribution in [0.25, 0.3) is 22.0 Å². The van der Waals surface area contributed by atoms with Gasteiger partial charge in [0, 0.05) is 38.8 Å². The molecule has 0 atom stereocenters. The molecule has 0 N–H and O–H groups in total. The second kappa shape index (κ2) is 9.09. The van der Waals surface area contributed by atoms with Crippen LogP contribution in [0, 0.1) is 0 Å². The molecule has 1 aliphatic heterocycles. The lowest BCUT2D eigenvalue weighted by molar-refractivity contribution is 0.0786. The lowest BCUT2D eigenvalue weighted by Gasteiger charge is -2.18. The fraction of sp³-hybridized carbons (Fsp3) is 0.259. The minimum atomic E-state index is -0.0926. The molecular weight excluding hydrogens is 430 g/mol. The summed E-state index contributed by atoms with van der Waals surface area (Å²) in [6.45, 7) is 1.72. The normalized spacial score (nSPS) is 12.9. The highest BCUT2D eigenvalue weighted by atomic mass is 16.5. The zero-order valence-electron chi connectivity index (χ0n) is 19.6. The Bertz CT molecular complexity index is 1360. The zero-order chi connectivity index (χ0) is 23.7. The molecule has 1 amide bonds. The van der Waals surface area contributed by atoms with E-state index >= 15 is 0 Å². The monoisotopic (exact) mass is 457 g/mol. The Balaban J connectivity index is 1.40. The number of nitrogens with zero attached hydrogens (tertiary/aromatic N) is 3. The highest BCUT2D eigenvalue weighted by molar-refractivity contribution is 6.00. The van der Waals surface area contributed by atoms with Gasteiger partial charge in [0.25, 0.3) is 5.91 Å². The Hall–Kier alpha value is -4.00. The van der Waals surface area contributed by atoms with Crippen molar-refractivity contribution in [3.8, 4) is 28.5 Å². The van der Waals surface area contributed by atoms with E-state index in [2.05, 4.69) is 17.2 Å². The third-order valence-corrected chi connectivity index (χ3v) is 5.96. The maximum absolute atomic E-state index is 13.4. The number of hydrogen-bond acceptors (Lipinski definition) is 5. The molecule has 7 nitrogen and oxygen atoms in total. The largest absolute Gasteiger partial charge is 0.497 e. The van der Waals surface area contributed by atoms with E-state index in [1.807, 2.05) is 56.6 Å². The van der Waals surface area contributed by atoms with Gasteiger partial charge in [-0.2, -0.15) is 5.10 Å². The molecule has 2 heterocycles. The van der Waals surface area contributed by atoms with Gasteiger partial charge in [0.15, 0.2) is 11.5 Å². The number of fused-ring (bicyclic) bond motifs is 2. The number of aromatic nitrogens is 2. The van der Waals surface area contributed by atoms with Gasteiger partial charge in [0.05, 0.1) is 25.9 Å². The third-order valence-electron chi connectivity index (χ3n) is 5.96. The summed E-state index contributed by atoms with van der Waals surface area (Å²) in [5.41, 5.74) is 3.04. The van der Waals surface area contributed by atoms with E-state index in [9.17, 15) is 4.79 Å².